The van der Waals surface area contributed by atoms with Gasteiger partial charge in [0.15, 0.2) is 0 Å². The first-order chi connectivity index (χ1) is 13.8. The lowest BCUT2D eigenvalue weighted by Gasteiger charge is -2.31. The normalized spacial score (nSPS) is 19.1. The Bertz CT molecular complexity index is 996. The first kappa shape index (κ1) is 23.0. The summed E-state index contributed by atoms with van der Waals surface area (Å²) in [6.07, 6.45) is 1.33. The molecule has 1 fully saturated rings. The number of carbonyl (C=O) groups excluding carboxylic acids is 1. The molecule has 1 amide bonds. The maximum Gasteiger partial charge on any atom is 0.252 e. The van der Waals surface area contributed by atoms with Gasteiger partial charge in [0.25, 0.3) is 10.0 Å². The highest BCUT2D eigenvalue weighted by molar-refractivity contribution is 7.91. The first-order valence-electron chi connectivity index (χ1n) is 10.3. The number of amides is 1. The van der Waals surface area contributed by atoms with Crippen LogP contribution in [0.3, 0.4) is 0 Å². The van der Waals surface area contributed by atoms with E-state index >= 15 is 0 Å². The summed E-state index contributed by atoms with van der Waals surface area (Å²) in [5, 5.41) is 9.52. The number of sulfonamides is 1. The monoisotopic (exact) mass is 452 g/mol. The molecule has 9 heteroatoms. The van der Waals surface area contributed by atoms with Gasteiger partial charge in [-0.2, -0.15) is 9.40 Å². The summed E-state index contributed by atoms with van der Waals surface area (Å²) in [5.41, 5.74) is 0.456. The molecule has 2 aromatic heterocycles. The molecule has 1 N–H and O–H groups in total. The largest absolute Gasteiger partial charge is 0.311 e. The molecule has 166 valence electrons. The van der Waals surface area contributed by atoms with Gasteiger partial charge in [-0.05, 0) is 45.1 Å². The van der Waals surface area contributed by atoms with Crippen molar-refractivity contribution >= 4 is 33.1 Å². The molecular weight excluding hydrogens is 420 g/mol. The van der Waals surface area contributed by atoms with Crippen molar-refractivity contribution in [3.8, 4) is 0 Å². The molecule has 1 atom stereocenters. The fourth-order valence-electron chi connectivity index (χ4n) is 3.49. The molecule has 1 unspecified atom stereocenters. The van der Waals surface area contributed by atoms with Crippen molar-refractivity contribution in [2.24, 2.45) is 5.92 Å². The molecule has 0 spiro atoms. The van der Waals surface area contributed by atoms with Crippen molar-refractivity contribution in [1.82, 2.24) is 14.1 Å². The topological polar surface area (TPSA) is 84.3 Å². The molecule has 3 heterocycles. The zero-order valence-corrected chi connectivity index (χ0v) is 20.2. The van der Waals surface area contributed by atoms with Gasteiger partial charge in [0.1, 0.15) is 10.0 Å². The molecule has 0 aromatic carbocycles. The van der Waals surface area contributed by atoms with E-state index in [4.69, 9.17) is 5.10 Å². The smallest absolute Gasteiger partial charge is 0.252 e. The summed E-state index contributed by atoms with van der Waals surface area (Å²) < 4.78 is 29.3. The number of thiophene rings is 1. The van der Waals surface area contributed by atoms with E-state index in [1.165, 1.54) is 15.6 Å². The molecule has 0 aliphatic carbocycles. The molecule has 0 radical (unpaired) electrons. The predicted molar refractivity (Wildman–Crippen MR) is 120 cm³/mol. The Hall–Kier alpha value is -1.71. The summed E-state index contributed by atoms with van der Waals surface area (Å²) in [5.74, 6) is 0.0949. The van der Waals surface area contributed by atoms with Crippen molar-refractivity contribution in [3.05, 3.63) is 29.3 Å². The Morgan fingerprint density at radius 3 is 2.50 bits per heavy atom. The highest BCUT2D eigenvalue weighted by Gasteiger charge is 2.35. The molecule has 3 rings (SSSR count). The molecule has 0 bridgehead atoms. The van der Waals surface area contributed by atoms with Crippen LogP contribution in [0.5, 0.6) is 0 Å². The summed E-state index contributed by atoms with van der Waals surface area (Å²) in [6, 6.07) is 5.26. The molecule has 7 nitrogen and oxygen atoms in total. The quantitative estimate of drug-likeness (QED) is 0.759. The van der Waals surface area contributed by atoms with E-state index < -0.39 is 15.9 Å². The van der Waals surface area contributed by atoms with Crippen LogP contribution >= 0.6 is 11.3 Å². The minimum atomic E-state index is -3.55. The highest BCUT2D eigenvalue weighted by Crippen LogP contribution is 2.30. The number of anilines is 1. The summed E-state index contributed by atoms with van der Waals surface area (Å²) >= 11 is 1.20. The van der Waals surface area contributed by atoms with Crippen LogP contribution in [0.1, 0.15) is 60.1 Å². The van der Waals surface area contributed by atoms with Gasteiger partial charge in [-0.15, -0.1) is 11.3 Å². The van der Waals surface area contributed by atoms with Gasteiger partial charge in [-0.25, -0.2) is 13.1 Å². The zero-order valence-electron chi connectivity index (χ0n) is 18.6. The average Bonchev–Trinajstić information content (AvgIpc) is 3.31. The van der Waals surface area contributed by atoms with Crippen molar-refractivity contribution in [2.75, 3.05) is 18.4 Å². The maximum absolute atomic E-state index is 13.1. The summed E-state index contributed by atoms with van der Waals surface area (Å²) in [6.45, 7) is 13.0. The molecule has 30 heavy (non-hydrogen) atoms. The molecular formula is C21H32N4O3S2. The molecule has 1 saturated heterocycles. The molecule has 1 aliphatic heterocycles. The second-order valence-corrected chi connectivity index (χ2v) is 13.0. The van der Waals surface area contributed by atoms with Crippen molar-refractivity contribution in [1.29, 1.82) is 0 Å². The third-order valence-electron chi connectivity index (χ3n) is 5.21. The van der Waals surface area contributed by atoms with Gasteiger partial charge >= 0.3 is 0 Å². The van der Waals surface area contributed by atoms with Crippen LogP contribution in [0, 0.1) is 5.92 Å². The molecule has 1 aliphatic rings. The van der Waals surface area contributed by atoms with E-state index in [0.29, 0.717) is 29.4 Å². The van der Waals surface area contributed by atoms with Gasteiger partial charge in [0.05, 0.1) is 17.2 Å². The Kier molecular flexibility index (Phi) is 6.19. The van der Waals surface area contributed by atoms with E-state index in [-0.39, 0.29) is 23.4 Å². The number of hydrogen-bond acceptors (Lipinski definition) is 5. The standard InChI is InChI=1S/C21H32N4O3S2/c1-20(2,3)16-13-17(25(23-16)21(4,5)6)22-19(26)15-9-7-11-24(14-15)30(27,28)18-10-8-12-29-18/h8,10,12-13,15H,7,9,11,14H2,1-6H3,(H,22,26). The summed E-state index contributed by atoms with van der Waals surface area (Å²) in [4.78, 5) is 13.1. The summed E-state index contributed by atoms with van der Waals surface area (Å²) in [7, 11) is -3.55. The minimum Gasteiger partial charge on any atom is -0.311 e. The number of nitrogens with zero attached hydrogens (tertiary/aromatic N) is 3. The average molecular weight is 453 g/mol. The van der Waals surface area contributed by atoms with Crippen LogP contribution in [0.2, 0.25) is 0 Å². The van der Waals surface area contributed by atoms with Crippen LogP contribution in [0.4, 0.5) is 5.82 Å². The third kappa shape index (κ3) is 4.78. The highest BCUT2D eigenvalue weighted by atomic mass is 32.2. The number of rotatable bonds is 4. The first-order valence-corrected chi connectivity index (χ1v) is 12.6. The van der Waals surface area contributed by atoms with E-state index in [1.807, 2.05) is 31.5 Å². The third-order valence-corrected chi connectivity index (χ3v) is 8.45. The second kappa shape index (κ2) is 8.09. The lowest BCUT2D eigenvalue weighted by molar-refractivity contribution is -0.120. The zero-order chi connectivity index (χ0) is 22.3. The van der Waals surface area contributed by atoms with Gasteiger partial charge in [-0.1, -0.05) is 26.8 Å². The Morgan fingerprint density at radius 2 is 1.93 bits per heavy atom. The minimum absolute atomic E-state index is 0.146. The van der Waals surface area contributed by atoms with E-state index in [1.54, 1.807) is 17.5 Å². The van der Waals surface area contributed by atoms with Crippen LogP contribution in [0.25, 0.3) is 0 Å². The lowest BCUT2D eigenvalue weighted by atomic mass is 9.92. The van der Waals surface area contributed by atoms with Crippen molar-refractivity contribution in [2.45, 2.75) is 69.5 Å². The Morgan fingerprint density at radius 1 is 1.23 bits per heavy atom. The maximum atomic E-state index is 13.1. The second-order valence-electron chi connectivity index (χ2n) is 9.87. The number of carbonyl (C=O) groups is 1. The SMILES string of the molecule is CC(C)(C)c1cc(NC(=O)C2CCCN(S(=O)(=O)c3cccs3)C2)n(C(C)(C)C)n1. The number of hydrogen-bond donors (Lipinski definition) is 1. The van der Waals surface area contributed by atoms with Crippen LogP contribution in [-0.2, 0) is 25.8 Å². The van der Waals surface area contributed by atoms with Crippen LogP contribution < -0.4 is 5.32 Å². The van der Waals surface area contributed by atoms with Gasteiger partial charge < -0.3 is 5.32 Å². The fourth-order valence-corrected chi connectivity index (χ4v) is 6.16. The van der Waals surface area contributed by atoms with Gasteiger partial charge in [-0.3, -0.25) is 4.79 Å². The number of aromatic nitrogens is 2. The van der Waals surface area contributed by atoms with E-state index in [2.05, 4.69) is 26.1 Å². The van der Waals surface area contributed by atoms with E-state index in [9.17, 15) is 13.2 Å². The van der Waals surface area contributed by atoms with Crippen molar-refractivity contribution < 1.29 is 13.2 Å². The number of piperidine rings is 1. The Labute approximate surface area is 183 Å². The van der Waals surface area contributed by atoms with E-state index in [0.717, 1.165) is 5.69 Å². The van der Waals surface area contributed by atoms with Gasteiger partial charge in [0, 0.05) is 24.6 Å². The molecule has 2 aromatic rings. The van der Waals surface area contributed by atoms with Crippen LogP contribution in [0.15, 0.2) is 27.8 Å². The fraction of sp³-hybridized carbons (Fsp3) is 0.619. The van der Waals surface area contributed by atoms with Gasteiger partial charge in [0.2, 0.25) is 5.91 Å². The predicted octanol–water partition coefficient (Wildman–Crippen LogP) is 4.04. The molecule has 0 saturated carbocycles. The van der Waals surface area contributed by atoms with Crippen molar-refractivity contribution in [3.63, 3.8) is 0 Å². The Balaban J connectivity index is 1.80. The lowest BCUT2D eigenvalue weighted by Crippen LogP contribution is -2.43. The van der Waals surface area contributed by atoms with Crippen LogP contribution in [-0.4, -0.2) is 41.5 Å². The number of nitrogens with one attached hydrogen (secondary N) is 1.